The van der Waals surface area contributed by atoms with Gasteiger partial charge in [0, 0.05) is 11.3 Å². The second-order valence-corrected chi connectivity index (χ2v) is 10.7. The first kappa shape index (κ1) is 17.3. The number of carbonyl (C=O) groups is 1. The topological polar surface area (TPSA) is 26.3 Å². The zero-order valence-corrected chi connectivity index (χ0v) is 15.2. The van der Waals surface area contributed by atoms with Gasteiger partial charge in [-0.1, -0.05) is 66.5 Å². The van der Waals surface area contributed by atoms with Crippen LogP contribution in [-0.2, 0) is 9.53 Å². The van der Waals surface area contributed by atoms with Crippen molar-refractivity contribution < 1.29 is 9.53 Å². The highest BCUT2D eigenvalue weighted by Crippen LogP contribution is 2.18. The van der Waals surface area contributed by atoms with Gasteiger partial charge in [-0.3, -0.25) is 0 Å². The summed E-state index contributed by atoms with van der Waals surface area (Å²) in [7, 11) is -0.606. The van der Waals surface area contributed by atoms with E-state index in [1.807, 2.05) is 18.2 Å². The summed E-state index contributed by atoms with van der Waals surface area (Å²) in [6.07, 6.45) is 8.42. The molecule has 0 bridgehead atoms. The molecule has 23 heavy (non-hydrogen) atoms. The van der Waals surface area contributed by atoms with Crippen LogP contribution in [0.2, 0.25) is 13.1 Å². The van der Waals surface area contributed by atoms with E-state index in [0.29, 0.717) is 0 Å². The maximum atomic E-state index is 11.8. The number of methoxy groups -OCH3 is 1. The Morgan fingerprint density at radius 3 is 2.57 bits per heavy atom. The van der Waals surface area contributed by atoms with Crippen LogP contribution in [0.1, 0.15) is 25.7 Å². The number of hydrogen-bond acceptors (Lipinski definition) is 2. The smallest absolute Gasteiger partial charge is 0.331 e. The summed E-state index contributed by atoms with van der Waals surface area (Å²) in [6, 6.07) is 10.3. The molecule has 0 unspecified atom stereocenters. The highest BCUT2D eigenvalue weighted by atomic mass is 28.3. The minimum Gasteiger partial charge on any atom is -0.466 e. The van der Waals surface area contributed by atoms with Crippen molar-refractivity contribution >= 4 is 19.2 Å². The Balaban J connectivity index is 2.39. The van der Waals surface area contributed by atoms with E-state index in [1.165, 1.54) is 30.7 Å². The fourth-order valence-corrected chi connectivity index (χ4v) is 4.85. The fourth-order valence-electron chi connectivity index (χ4n) is 2.66. The van der Waals surface area contributed by atoms with Crippen molar-refractivity contribution in [2.75, 3.05) is 7.11 Å². The zero-order chi connectivity index (χ0) is 16.7. The molecule has 0 amide bonds. The second kappa shape index (κ2) is 7.98. The summed E-state index contributed by atoms with van der Waals surface area (Å²) < 4.78 is 4.83. The van der Waals surface area contributed by atoms with E-state index in [0.717, 1.165) is 18.0 Å². The Hall–Kier alpha value is -2.05. The van der Waals surface area contributed by atoms with Gasteiger partial charge in [0.05, 0.1) is 7.11 Å². The lowest BCUT2D eigenvalue weighted by molar-refractivity contribution is -0.134. The summed E-state index contributed by atoms with van der Waals surface area (Å²) in [5, 5.41) is 2.18. The predicted molar refractivity (Wildman–Crippen MR) is 98.0 cm³/mol. The third kappa shape index (κ3) is 4.71. The van der Waals surface area contributed by atoms with Crippen molar-refractivity contribution in [1.29, 1.82) is 0 Å². The van der Waals surface area contributed by atoms with Gasteiger partial charge in [0.1, 0.15) is 8.07 Å². The monoisotopic (exact) mass is 324 g/mol. The van der Waals surface area contributed by atoms with Gasteiger partial charge < -0.3 is 4.74 Å². The lowest BCUT2D eigenvalue weighted by atomic mass is 10.0. The maximum absolute atomic E-state index is 11.8. The Morgan fingerprint density at radius 2 is 1.96 bits per heavy atom. The van der Waals surface area contributed by atoms with Crippen molar-refractivity contribution in [3.05, 3.63) is 53.3 Å². The Kier molecular flexibility index (Phi) is 6.01. The molecule has 0 fully saturated rings. The average Bonchev–Trinajstić information content (AvgIpc) is 2.59. The number of esters is 1. The zero-order valence-electron chi connectivity index (χ0n) is 14.2. The predicted octanol–water partition coefficient (Wildman–Crippen LogP) is 3.74. The summed E-state index contributed by atoms with van der Waals surface area (Å²) in [5.41, 5.74) is 1.20. The molecule has 0 aromatic heterocycles. The maximum Gasteiger partial charge on any atom is 0.331 e. The van der Waals surface area contributed by atoms with E-state index < -0.39 is 8.07 Å². The van der Waals surface area contributed by atoms with Crippen molar-refractivity contribution in [3.63, 3.8) is 0 Å². The second-order valence-electron chi connectivity index (χ2n) is 6.30. The van der Waals surface area contributed by atoms with Crippen molar-refractivity contribution in [2.45, 2.75) is 38.8 Å². The van der Waals surface area contributed by atoms with E-state index in [1.54, 1.807) is 6.08 Å². The average molecular weight is 324 g/mol. The lowest BCUT2D eigenvalue weighted by Crippen LogP contribution is -2.43. The summed E-state index contributed by atoms with van der Waals surface area (Å²) in [6.45, 7) is 4.45. The van der Waals surface area contributed by atoms with E-state index in [2.05, 4.69) is 43.1 Å². The molecule has 2 nitrogen and oxygen atoms in total. The molecule has 0 radical (unpaired) electrons. The van der Waals surface area contributed by atoms with Crippen LogP contribution < -0.4 is 5.19 Å². The van der Waals surface area contributed by atoms with Gasteiger partial charge in [-0.2, -0.15) is 0 Å². The molecule has 1 aromatic rings. The highest BCUT2D eigenvalue weighted by Gasteiger charge is 2.28. The van der Waals surface area contributed by atoms with Crippen LogP contribution in [0.4, 0.5) is 0 Å². The summed E-state index contributed by atoms with van der Waals surface area (Å²) in [4.78, 5) is 11.8. The van der Waals surface area contributed by atoms with Crippen LogP contribution in [0.5, 0.6) is 0 Å². The number of benzene rings is 1. The molecule has 0 heterocycles. The molecule has 1 aliphatic rings. The first-order chi connectivity index (χ1) is 11.0. The van der Waals surface area contributed by atoms with Crippen molar-refractivity contribution in [2.24, 2.45) is 0 Å². The summed E-state index contributed by atoms with van der Waals surface area (Å²) in [5.74, 6) is 6.26. The molecule has 120 valence electrons. The number of ether oxygens (including phenoxy) is 1. The first-order valence-electron chi connectivity index (χ1n) is 8.11. The SMILES string of the molecule is COC(=O)/C=C(/C#CC1=CCCCC1)[Si](C)(C)c1ccccc1. The standard InChI is InChI=1S/C20H24O2Si/c1-22-20(21)16-19(15-14-17-10-6-4-7-11-17)23(2,3)18-12-8-5-9-13-18/h5,8-10,12-13,16H,4,6-7,11H2,1-3H3/b19-16-. The normalized spacial score (nSPS) is 15.3. The Bertz CT molecular complexity index is 673. The molecule has 2 rings (SSSR count). The largest absolute Gasteiger partial charge is 0.466 e. The molecular weight excluding hydrogens is 300 g/mol. The fraction of sp³-hybridized carbons (Fsp3) is 0.350. The molecule has 1 aliphatic carbocycles. The Labute approximate surface area is 140 Å². The van der Waals surface area contributed by atoms with Crippen LogP contribution in [-0.4, -0.2) is 21.2 Å². The van der Waals surface area contributed by atoms with Gasteiger partial charge in [0.2, 0.25) is 0 Å². The molecular formula is C20H24O2Si. The third-order valence-electron chi connectivity index (χ3n) is 4.28. The van der Waals surface area contributed by atoms with Crippen LogP contribution in [0.25, 0.3) is 0 Å². The molecule has 0 N–H and O–H groups in total. The molecule has 0 spiro atoms. The van der Waals surface area contributed by atoms with Crippen LogP contribution in [0, 0.1) is 11.8 Å². The minimum absolute atomic E-state index is 0.330. The van der Waals surface area contributed by atoms with Gasteiger partial charge in [-0.25, -0.2) is 4.79 Å². The van der Waals surface area contributed by atoms with Gasteiger partial charge in [0.25, 0.3) is 0 Å². The van der Waals surface area contributed by atoms with Gasteiger partial charge in [-0.05, 0) is 31.3 Å². The number of rotatable bonds is 3. The van der Waals surface area contributed by atoms with Crippen LogP contribution in [0.3, 0.4) is 0 Å². The highest BCUT2D eigenvalue weighted by molar-refractivity contribution is 6.96. The molecule has 0 saturated carbocycles. The van der Waals surface area contributed by atoms with Crippen LogP contribution in [0.15, 0.2) is 53.3 Å². The van der Waals surface area contributed by atoms with E-state index in [9.17, 15) is 4.79 Å². The number of carbonyl (C=O) groups excluding carboxylic acids is 1. The van der Waals surface area contributed by atoms with E-state index in [4.69, 9.17) is 4.74 Å². The first-order valence-corrected chi connectivity index (χ1v) is 11.1. The lowest BCUT2D eigenvalue weighted by Gasteiger charge is -2.23. The number of allylic oxidation sites excluding steroid dienone is 3. The molecule has 0 atom stereocenters. The van der Waals surface area contributed by atoms with Gasteiger partial charge >= 0.3 is 5.97 Å². The molecule has 1 aromatic carbocycles. The van der Waals surface area contributed by atoms with Gasteiger partial charge in [-0.15, -0.1) is 0 Å². The summed E-state index contributed by atoms with van der Waals surface area (Å²) >= 11 is 0. The van der Waals surface area contributed by atoms with E-state index >= 15 is 0 Å². The Morgan fingerprint density at radius 1 is 1.22 bits per heavy atom. The quantitative estimate of drug-likeness (QED) is 0.366. The minimum atomic E-state index is -2.01. The van der Waals surface area contributed by atoms with Crippen molar-refractivity contribution in [3.8, 4) is 11.8 Å². The van der Waals surface area contributed by atoms with E-state index in [-0.39, 0.29) is 5.97 Å². The van der Waals surface area contributed by atoms with Gasteiger partial charge in [0.15, 0.2) is 0 Å². The molecule has 0 saturated heterocycles. The van der Waals surface area contributed by atoms with Crippen LogP contribution >= 0.6 is 0 Å². The molecule has 0 aliphatic heterocycles. The number of hydrogen-bond donors (Lipinski definition) is 0. The molecule has 3 heteroatoms. The van der Waals surface area contributed by atoms with Crippen molar-refractivity contribution in [1.82, 2.24) is 0 Å². The third-order valence-corrected chi connectivity index (χ3v) is 7.67.